The van der Waals surface area contributed by atoms with Gasteiger partial charge in [-0.15, -0.1) is 0 Å². The van der Waals surface area contributed by atoms with Crippen molar-refractivity contribution < 1.29 is 13.6 Å². The van der Waals surface area contributed by atoms with Crippen molar-refractivity contribution in [1.29, 1.82) is 0 Å². The summed E-state index contributed by atoms with van der Waals surface area (Å²) >= 11 is 0. The summed E-state index contributed by atoms with van der Waals surface area (Å²) in [6.07, 6.45) is 0.882. The number of nitrogens with two attached hydrogens (primary N) is 1. The number of hydrogen-bond acceptors (Lipinski definition) is 3. The molecule has 2 rings (SSSR count). The molecule has 3 N–H and O–H groups in total. The first-order valence-electron chi connectivity index (χ1n) is 6.28. The Bertz CT molecular complexity index is 459. The molecule has 1 saturated heterocycles. The quantitative estimate of drug-likeness (QED) is 0.853. The maximum atomic E-state index is 13.3. The van der Waals surface area contributed by atoms with Gasteiger partial charge < -0.3 is 11.1 Å². The van der Waals surface area contributed by atoms with Crippen molar-refractivity contribution in [2.75, 3.05) is 26.2 Å². The first kappa shape index (κ1) is 13.9. The van der Waals surface area contributed by atoms with Gasteiger partial charge in [0.15, 0.2) is 11.6 Å². The van der Waals surface area contributed by atoms with Crippen LogP contribution in [0.2, 0.25) is 0 Å². The molecule has 1 aliphatic heterocycles. The Hall–Kier alpha value is -1.53. The Labute approximate surface area is 110 Å². The Morgan fingerprint density at radius 3 is 2.74 bits per heavy atom. The molecule has 1 amide bonds. The minimum atomic E-state index is -0.961. The SMILES string of the molecule is NC(=O)C(c1ccc(F)c(F)c1)N1CCCNCC1. The molecule has 1 heterocycles. The van der Waals surface area contributed by atoms with Gasteiger partial charge in [0.2, 0.25) is 5.91 Å². The van der Waals surface area contributed by atoms with Crippen LogP contribution in [0, 0.1) is 11.6 Å². The summed E-state index contributed by atoms with van der Waals surface area (Å²) < 4.78 is 26.2. The van der Waals surface area contributed by atoms with Crippen molar-refractivity contribution >= 4 is 5.91 Å². The Balaban J connectivity index is 2.27. The normalized spacial score (nSPS) is 18.8. The van der Waals surface area contributed by atoms with Crippen LogP contribution in [-0.2, 0) is 4.79 Å². The lowest BCUT2D eigenvalue weighted by molar-refractivity contribution is -0.123. The number of rotatable bonds is 3. The molecule has 0 saturated carbocycles. The minimum absolute atomic E-state index is 0.397. The van der Waals surface area contributed by atoms with Gasteiger partial charge in [0.05, 0.1) is 0 Å². The van der Waals surface area contributed by atoms with E-state index in [4.69, 9.17) is 5.73 Å². The summed E-state index contributed by atoms with van der Waals surface area (Å²) in [5, 5.41) is 3.22. The molecule has 4 nitrogen and oxygen atoms in total. The number of amides is 1. The fourth-order valence-corrected chi connectivity index (χ4v) is 2.36. The molecular weight excluding hydrogens is 252 g/mol. The zero-order valence-electron chi connectivity index (χ0n) is 10.5. The van der Waals surface area contributed by atoms with Gasteiger partial charge >= 0.3 is 0 Å². The van der Waals surface area contributed by atoms with E-state index in [9.17, 15) is 13.6 Å². The van der Waals surface area contributed by atoms with Crippen molar-refractivity contribution in [3.05, 3.63) is 35.4 Å². The zero-order chi connectivity index (χ0) is 13.8. The average molecular weight is 269 g/mol. The van der Waals surface area contributed by atoms with Crippen LogP contribution in [-0.4, -0.2) is 37.0 Å². The Kier molecular flexibility index (Phi) is 4.44. The van der Waals surface area contributed by atoms with E-state index in [1.165, 1.54) is 6.07 Å². The standard InChI is InChI=1S/C13H17F2N3O/c14-10-3-2-9(8-11(10)15)12(13(16)19)18-6-1-4-17-5-7-18/h2-3,8,12,17H,1,4-7H2,(H2,16,19). The van der Waals surface area contributed by atoms with E-state index >= 15 is 0 Å². The molecule has 104 valence electrons. The smallest absolute Gasteiger partial charge is 0.239 e. The number of carbonyl (C=O) groups excluding carboxylic acids is 1. The number of benzene rings is 1. The summed E-state index contributed by atoms with van der Waals surface area (Å²) in [4.78, 5) is 13.5. The predicted molar refractivity (Wildman–Crippen MR) is 67.4 cm³/mol. The third kappa shape index (κ3) is 3.27. The van der Waals surface area contributed by atoms with Gasteiger partial charge in [-0.1, -0.05) is 6.07 Å². The summed E-state index contributed by atoms with van der Waals surface area (Å²) in [6.45, 7) is 2.96. The van der Waals surface area contributed by atoms with Gasteiger partial charge in [0, 0.05) is 19.6 Å². The van der Waals surface area contributed by atoms with Crippen molar-refractivity contribution in [3.63, 3.8) is 0 Å². The van der Waals surface area contributed by atoms with Crippen LogP contribution in [0.3, 0.4) is 0 Å². The summed E-state index contributed by atoms with van der Waals surface area (Å²) in [5.41, 5.74) is 5.82. The second kappa shape index (κ2) is 6.08. The molecule has 1 unspecified atom stereocenters. The van der Waals surface area contributed by atoms with E-state index in [2.05, 4.69) is 5.32 Å². The molecule has 1 aromatic carbocycles. The lowest BCUT2D eigenvalue weighted by Gasteiger charge is -2.28. The van der Waals surface area contributed by atoms with Crippen molar-refractivity contribution in [1.82, 2.24) is 10.2 Å². The fourth-order valence-electron chi connectivity index (χ4n) is 2.36. The largest absolute Gasteiger partial charge is 0.368 e. The van der Waals surface area contributed by atoms with Crippen LogP contribution >= 0.6 is 0 Å². The molecule has 1 aromatic rings. The van der Waals surface area contributed by atoms with Gasteiger partial charge in [-0.3, -0.25) is 9.69 Å². The molecule has 1 fully saturated rings. The second-order valence-electron chi connectivity index (χ2n) is 4.62. The first-order valence-corrected chi connectivity index (χ1v) is 6.28. The Morgan fingerprint density at radius 1 is 1.26 bits per heavy atom. The second-order valence-corrected chi connectivity index (χ2v) is 4.62. The van der Waals surface area contributed by atoms with Crippen LogP contribution in [0.15, 0.2) is 18.2 Å². The van der Waals surface area contributed by atoms with Gasteiger partial charge in [-0.2, -0.15) is 0 Å². The number of halogens is 2. The van der Waals surface area contributed by atoms with Gasteiger partial charge in [0.25, 0.3) is 0 Å². The molecule has 0 radical (unpaired) electrons. The third-order valence-corrected chi connectivity index (χ3v) is 3.27. The van der Waals surface area contributed by atoms with Gasteiger partial charge in [-0.05, 0) is 30.7 Å². The van der Waals surface area contributed by atoms with Crippen LogP contribution < -0.4 is 11.1 Å². The van der Waals surface area contributed by atoms with E-state index < -0.39 is 23.6 Å². The molecule has 1 atom stereocenters. The number of carbonyl (C=O) groups is 1. The molecule has 0 spiro atoms. The highest BCUT2D eigenvalue weighted by Gasteiger charge is 2.26. The number of hydrogen-bond donors (Lipinski definition) is 2. The van der Waals surface area contributed by atoms with E-state index in [0.29, 0.717) is 18.7 Å². The zero-order valence-corrected chi connectivity index (χ0v) is 10.5. The number of nitrogens with one attached hydrogen (secondary N) is 1. The summed E-state index contributed by atoms with van der Waals surface area (Å²) in [5.74, 6) is -2.44. The third-order valence-electron chi connectivity index (χ3n) is 3.27. The lowest BCUT2D eigenvalue weighted by Crippen LogP contribution is -2.39. The van der Waals surface area contributed by atoms with Crippen molar-refractivity contribution in [3.8, 4) is 0 Å². The van der Waals surface area contributed by atoms with Crippen LogP contribution in [0.5, 0.6) is 0 Å². The van der Waals surface area contributed by atoms with Gasteiger partial charge in [-0.25, -0.2) is 8.78 Å². The first-order chi connectivity index (χ1) is 9.09. The molecule has 1 aliphatic rings. The van der Waals surface area contributed by atoms with Crippen LogP contribution in [0.1, 0.15) is 18.0 Å². The maximum Gasteiger partial charge on any atom is 0.239 e. The fraction of sp³-hybridized carbons (Fsp3) is 0.462. The van der Waals surface area contributed by atoms with E-state index in [0.717, 1.165) is 31.6 Å². The number of primary amides is 1. The lowest BCUT2D eigenvalue weighted by atomic mass is 10.0. The van der Waals surface area contributed by atoms with Crippen LogP contribution in [0.4, 0.5) is 8.78 Å². The van der Waals surface area contributed by atoms with Crippen molar-refractivity contribution in [2.24, 2.45) is 5.73 Å². The monoisotopic (exact) mass is 269 g/mol. The minimum Gasteiger partial charge on any atom is -0.368 e. The van der Waals surface area contributed by atoms with E-state index in [1.807, 2.05) is 4.90 Å². The molecule has 0 aliphatic carbocycles. The van der Waals surface area contributed by atoms with Crippen LogP contribution in [0.25, 0.3) is 0 Å². The average Bonchev–Trinajstić information content (AvgIpc) is 2.62. The van der Waals surface area contributed by atoms with Crippen molar-refractivity contribution in [2.45, 2.75) is 12.5 Å². The highest BCUT2D eigenvalue weighted by molar-refractivity contribution is 5.81. The predicted octanol–water partition coefficient (Wildman–Crippen LogP) is 0.786. The molecular formula is C13H17F2N3O. The Morgan fingerprint density at radius 2 is 2.05 bits per heavy atom. The summed E-state index contributed by atoms with van der Waals surface area (Å²) in [6, 6.07) is 2.77. The van der Waals surface area contributed by atoms with Gasteiger partial charge in [0.1, 0.15) is 6.04 Å². The highest BCUT2D eigenvalue weighted by Crippen LogP contribution is 2.23. The molecule has 6 heteroatoms. The number of nitrogens with zero attached hydrogens (tertiary/aromatic N) is 1. The molecule has 0 aromatic heterocycles. The maximum absolute atomic E-state index is 13.3. The topological polar surface area (TPSA) is 58.4 Å². The molecule has 19 heavy (non-hydrogen) atoms. The molecule has 0 bridgehead atoms. The van der Waals surface area contributed by atoms with E-state index in [-0.39, 0.29) is 0 Å². The summed E-state index contributed by atoms with van der Waals surface area (Å²) in [7, 11) is 0. The van der Waals surface area contributed by atoms with E-state index in [1.54, 1.807) is 0 Å². The highest BCUT2D eigenvalue weighted by atomic mass is 19.2.